The molecule has 0 bridgehead atoms. The lowest BCUT2D eigenvalue weighted by atomic mass is 9.93. The molecular weight excluding hydrogens is 480 g/mol. The van der Waals surface area contributed by atoms with E-state index in [0.29, 0.717) is 5.56 Å². The molecule has 1 heterocycles. The van der Waals surface area contributed by atoms with Crippen molar-refractivity contribution < 1.29 is 16.8 Å². The van der Waals surface area contributed by atoms with Crippen LogP contribution in [-0.2, 0) is 20.0 Å². The zero-order valence-electron chi connectivity index (χ0n) is 20.3. The fourth-order valence-corrected chi connectivity index (χ4v) is 7.97. The molecule has 0 radical (unpaired) electrons. The van der Waals surface area contributed by atoms with Gasteiger partial charge in [-0.05, 0) is 57.5 Å². The molecule has 8 heteroatoms. The molecule has 1 aliphatic heterocycles. The van der Waals surface area contributed by atoms with Crippen LogP contribution in [0.2, 0.25) is 0 Å². The Morgan fingerprint density at radius 2 is 1.20 bits per heavy atom. The van der Waals surface area contributed by atoms with Crippen LogP contribution in [0.5, 0.6) is 0 Å². The Hall–Kier alpha value is -2.94. The predicted octanol–water partition coefficient (Wildman–Crippen LogP) is 5.03. The van der Waals surface area contributed by atoms with Gasteiger partial charge in [-0.15, -0.1) is 0 Å². The van der Waals surface area contributed by atoms with Crippen molar-refractivity contribution in [1.82, 2.24) is 8.61 Å². The van der Waals surface area contributed by atoms with Crippen LogP contribution in [0.1, 0.15) is 36.6 Å². The van der Waals surface area contributed by atoms with E-state index in [9.17, 15) is 16.8 Å². The van der Waals surface area contributed by atoms with E-state index in [-0.39, 0.29) is 22.0 Å². The molecule has 0 N–H and O–H groups in total. The maximum absolute atomic E-state index is 14.0. The number of hydrogen-bond acceptors (Lipinski definition) is 4. The highest BCUT2D eigenvalue weighted by atomic mass is 32.2. The maximum Gasteiger partial charge on any atom is 0.264 e. The number of nitrogens with zero attached hydrogens (tertiary/aromatic N) is 2. The number of hydrogen-bond donors (Lipinski definition) is 0. The second kappa shape index (κ2) is 8.93. The number of piperazine rings is 1. The van der Waals surface area contributed by atoms with Crippen LogP contribution >= 0.6 is 0 Å². The van der Waals surface area contributed by atoms with Crippen molar-refractivity contribution in [3.05, 3.63) is 108 Å². The van der Waals surface area contributed by atoms with Gasteiger partial charge >= 0.3 is 0 Å². The minimum Gasteiger partial charge on any atom is -0.267 e. The quantitative estimate of drug-likeness (QED) is 0.482. The van der Waals surface area contributed by atoms with E-state index in [1.165, 1.54) is 8.61 Å². The monoisotopic (exact) mass is 510 g/mol. The summed E-state index contributed by atoms with van der Waals surface area (Å²) in [4.78, 5) is 0.293. The fourth-order valence-electron chi connectivity index (χ4n) is 4.45. The van der Waals surface area contributed by atoms with Gasteiger partial charge in [0, 0.05) is 5.70 Å². The first-order valence-electron chi connectivity index (χ1n) is 11.3. The molecule has 0 aromatic heterocycles. The molecule has 1 fully saturated rings. The third-order valence-corrected chi connectivity index (χ3v) is 10.5. The second-order valence-corrected chi connectivity index (χ2v) is 13.1. The first-order valence-corrected chi connectivity index (χ1v) is 14.2. The van der Waals surface area contributed by atoms with Crippen molar-refractivity contribution in [3.8, 4) is 0 Å². The van der Waals surface area contributed by atoms with E-state index in [4.69, 9.17) is 0 Å². The Balaban J connectivity index is 1.88. The smallest absolute Gasteiger partial charge is 0.264 e. The topological polar surface area (TPSA) is 74.8 Å². The molecule has 4 rings (SSSR count). The van der Waals surface area contributed by atoms with Crippen molar-refractivity contribution in [3.63, 3.8) is 0 Å². The van der Waals surface area contributed by atoms with Gasteiger partial charge in [-0.3, -0.25) is 4.31 Å². The zero-order valence-corrected chi connectivity index (χ0v) is 22.0. The summed E-state index contributed by atoms with van der Waals surface area (Å²) in [6.45, 7) is 11.2. The third-order valence-electron chi connectivity index (χ3n) is 6.55. The molecule has 0 spiro atoms. The Labute approximate surface area is 208 Å². The number of benzene rings is 3. The third kappa shape index (κ3) is 4.42. The van der Waals surface area contributed by atoms with Crippen molar-refractivity contribution in [2.75, 3.05) is 6.54 Å². The van der Waals surface area contributed by atoms with Crippen molar-refractivity contribution in [2.24, 2.45) is 0 Å². The Morgan fingerprint density at radius 1 is 0.743 bits per heavy atom. The van der Waals surface area contributed by atoms with E-state index in [1.807, 2.05) is 44.2 Å². The van der Waals surface area contributed by atoms with Crippen LogP contribution in [0.25, 0.3) is 0 Å². The number of aryl methyl sites for hydroxylation is 2. The van der Waals surface area contributed by atoms with Crippen molar-refractivity contribution in [2.45, 2.75) is 49.1 Å². The normalized spacial score (nSPS) is 19.0. The lowest BCUT2D eigenvalue weighted by Gasteiger charge is -2.51. The lowest BCUT2D eigenvalue weighted by Crippen LogP contribution is -2.61. The summed E-state index contributed by atoms with van der Waals surface area (Å²) in [5.41, 5.74) is 1.55. The molecule has 1 atom stereocenters. The summed E-state index contributed by atoms with van der Waals surface area (Å²) in [6, 6.07) is 21.7. The summed E-state index contributed by atoms with van der Waals surface area (Å²) < 4.78 is 58.2. The molecule has 1 saturated heterocycles. The van der Waals surface area contributed by atoms with Crippen LogP contribution in [-0.4, -0.2) is 37.5 Å². The number of sulfonamides is 2. The van der Waals surface area contributed by atoms with Gasteiger partial charge in [-0.1, -0.05) is 72.3 Å². The molecule has 1 aliphatic rings. The van der Waals surface area contributed by atoms with Crippen LogP contribution < -0.4 is 0 Å². The van der Waals surface area contributed by atoms with Crippen molar-refractivity contribution >= 4 is 20.0 Å². The van der Waals surface area contributed by atoms with E-state index in [0.717, 1.165) is 11.1 Å². The van der Waals surface area contributed by atoms with Gasteiger partial charge in [-0.2, -0.15) is 4.31 Å². The molecule has 0 amide bonds. The predicted molar refractivity (Wildman–Crippen MR) is 138 cm³/mol. The average molecular weight is 511 g/mol. The molecule has 3 aromatic rings. The Bertz CT molecular complexity index is 1450. The Morgan fingerprint density at radius 3 is 1.69 bits per heavy atom. The molecule has 3 aromatic carbocycles. The highest BCUT2D eigenvalue weighted by Gasteiger charge is 2.52. The number of rotatable bonds is 5. The standard InChI is InChI=1S/C27H30N2O4S2/c1-20-11-15-24(16-12-20)34(30,31)28-19-26(23-9-7-6-8-10-23)29(27(4,5)22(28)3)35(32,33)25-17-13-21(2)14-18-25/h6-18,26H,3,19H2,1-2,4-5H3/t26-/m1/s1. The molecule has 35 heavy (non-hydrogen) atoms. The van der Waals surface area contributed by atoms with E-state index in [1.54, 1.807) is 62.4 Å². The minimum atomic E-state index is -4.00. The largest absolute Gasteiger partial charge is 0.267 e. The summed E-state index contributed by atoms with van der Waals surface area (Å²) in [5, 5.41) is 0. The molecule has 0 unspecified atom stereocenters. The highest BCUT2D eigenvalue weighted by molar-refractivity contribution is 7.89. The highest BCUT2D eigenvalue weighted by Crippen LogP contribution is 2.45. The molecule has 0 saturated carbocycles. The summed E-state index contributed by atoms with van der Waals surface area (Å²) >= 11 is 0. The van der Waals surface area contributed by atoms with Gasteiger partial charge in [0.05, 0.1) is 27.9 Å². The summed E-state index contributed by atoms with van der Waals surface area (Å²) in [5.74, 6) is 0. The lowest BCUT2D eigenvalue weighted by molar-refractivity contribution is 0.123. The SMILES string of the molecule is C=C1N(S(=O)(=O)c2ccc(C)cc2)C[C@H](c2ccccc2)N(S(=O)(=O)c2ccc(C)cc2)C1(C)C. The maximum atomic E-state index is 14.0. The first-order chi connectivity index (χ1) is 16.4. The molecule has 0 aliphatic carbocycles. The summed E-state index contributed by atoms with van der Waals surface area (Å²) in [7, 11) is -7.97. The van der Waals surface area contributed by atoms with Gasteiger partial charge in [0.2, 0.25) is 10.0 Å². The van der Waals surface area contributed by atoms with E-state index in [2.05, 4.69) is 6.58 Å². The fraction of sp³-hybridized carbons (Fsp3) is 0.259. The first kappa shape index (κ1) is 25.2. The second-order valence-electron chi connectivity index (χ2n) is 9.40. The minimum absolute atomic E-state index is 0.0897. The van der Waals surface area contributed by atoms with Gasteiger partial charge in [0.25, 0.3) is 10.0 Å². The van der Waals surface area contributed by atoms with Crippen molar-refractivity contribution in [1.29, 1.82) is 0 Å². The van der Waals surface area contributed by atoms with Crippen LogP contribution in [0, 0.1) is 13.8 Å². The van der Waals surface area contributed by atoms with E-state index < -0.39 is 31.6 Å². The zero-order chi connectivity index (χ0) is 25.6. The van der Waals surface area contributed by atoms with Gasteiger partial charge in [-0.25, -0.2) is 16.8 Å². The van der Waals surface area contributed by atoms with Crippen LogP contribution in [0.4, 0.5) is 0 Å². The summed E-state index contributed by atoms with van der Waals surface area (Å²) in [6.07, 6.45) is 0. The average Bonchev–Trinajstić information content (AvgIpc) is 2.81. The molecule has 6 nitrogen and oxygen atoms in total. The Kier molecular flexibility index (Phi) is 6.42. The van der Waals surface area contributed by atoms with Gasteiger partial charge in [0.1, 0.15) is 0 Å². The molecule has 184 valence electrons. The van der Waals surface area contributed by atoms with Gasteiger partial charge < -0.3 is 0 Å². The van der Waals surface area contributed by atoms with Crippen LogP contribution in [0.15, 0.2) is 101 Å². The van der Waals surface area contributed by atoms with E-state index >= 15 is 0 Å². The molecular formula is C27H30N2O4S2. The van der Waals surface area contributed by atoms with Gasteiger partial charge in [0.15, 0.2) is 0 Å². The van der Waals surface area contributed by atoms with Crippen LogP contribution in [0.3, 0.4) is 0 Å².